The number of nitrogens with one attached hydrogen (secondary N) is 1. The van der Waals surface area contributed by atoms with Crippen molar-refractivity contribution >= 4 is 0 Å². The average Bonchev–Trinajstić information content (AvgIpc) is 2.82. The van der Waals surface area contributed by atoms with E-state index < -0.39 is 0 Å². The molecule has 1 aromatic rings. The number of hydrogen-bond acceptors (Lipinski definition) is 3. The van der Waals surface area contributed by atoms with Crippen LogP contribution in [0.5, 0.6) is 5.75 Å². The molecule has 1 unspecified atom stereocenters. The predicted molar refractivity (Wildman–Crippen MR) is 68.4 cm³/mol. The highest BCUT2D eigenvalue weighted by atomic mass is 16.5. The highest BCUT2D eigenvalue weighted by Crippen LogP contribution is 2.19. The van der Waals surface area contributed by atoms with Crippen molar-refractivity contribution in [3.63, 3.8) is 0 Å². The van der Waals surface area contributed by atoms with E-state index in [1.807, 2.05) is 6.07 Å². The molecule has 0 saturated carbocycles. The second-order valence-corrected chi connectivity index (χ2v) is 4.68. The lowest BCUT2D eigenvalue weighted by Gasteiger charge is -2.12. The summed E-state index contributed by atoms with van der Waals surface area (Å²) in [6.45, 7) is 5.81. The summed E-state index contributed by atoms with van der Waals surface area (Å²) < 4.78 is 10.7. The second kappa shape index (κ2) is 6.03. The van der Waals surface area contributed by atoms with Gasteiger partial charge in [0.2, 0.25) is 0 Å². The minimum absolute atomic E-state index is 0.672. The summed E-state index contributed by atoms with van der Waals surface area (Å²) in [6.07, 6.45) is 1.18. The first kappa shape index (κ1) is 12.4. The molecule has 94 valence electrons. The van der Waals surface area contributed by atoms with Crippen LogP contribution in [0.1, 0.15) is 17.5 Å². The third-order valence-corrected chi connectivity index (χ3v) is 3.21. The SMILES string of the molecule is COc1ccc(C)cc1CNCC1CCOC1. The minimum atomic E-state index is 0.672. The molecule has 1 aromatic carbocycles. The Morgan fingerprint density at radius 1 is 1.47 bits per heavy atom. The number of benzene rings is 1. The van der Waals surface area contributed by atoms with Gasteiger partial charge in [0.1, 0.15) is 5.75 Å². The number of methoxy groups -OCH3 is 1. The van der Waals surface area contributed by atoms with Crippen LogP contribution in [0, 0.1) is 12.8 Å². The van der Waals surface area contributed by atoms with Crippen LogP contribution in [0.4, 0.5) is 0 Å². The fraction of sp³-hybridized carbons (Fsp3) is 0.571. The molecule has 1 fully saturated rings. The molecular formula is C14H21NO2. The Morgan fingerprint density at radius 2 is 2.35 bits per heavy atom. The first-order valence-corrected chi connectivity index (χ1v) is 6.21. The Hall–Kier alpha value is -1.06. The molecule has 3 heteroatoms. The minimum Gasteiger partial charge on any atom is -0.496 e. The van der Waals surface area contributed by atoms with E-state index in [9.17, 15) is 0 Å². The normalized spacial score (nSPS) is 19.5. The molecule has 2 rings (SSSR count). The number of ether oxygens (including phenoxy) is 2. The van der Waals surface area contributed by atoms with Crippen molar-refractivity contribution in [2.45, 2.75) is 19.9 Å². The lowest BCUT2D eigenvalue weighted by molar-refractivity contribution is 0.185. The lowest BCUT2D eigenvalue weighted by atomic mass is 10.1. The molecule has 1 saturated heterocycles. The summed E-state index contributed by atoms with van der Waals surface area (Å²) in [6, 6.07) is 6.29. The summed E-state index contributed by atoms with van der Waals surface area (Å²) in [5.41, 5.74) is 2.50. The van der Waals surface area contributed by atoms with Crippen molar-refractivity contribution < 1.29 is 9.47 Å². The van der Waals surface area contributed by atoms with E-state index in [1.165, 1.54) is 17.5 Å². The third kappa shape index (κ3) is 3.45. The molecule has 1 heterocycles. The molecular weight excluding hydrogens is 214 g/mol. The maximum atomic E-state index is 5.36. The predicted octanol–water partition coefficient (Wildman–Crippen LogP) is 2.13. The van der Waals surface area contributed by atoms with Gasteiger partial charge < -0.3 is 14.8 Å². The molecule has 0 spiro atoms. The fourth-order valence-electron chi connectivity index (χ4n) is 2.20. The Balaban J connectivity index is 1.86. The molecule has 1 N–H and O–H groups in total. The van der Waals surface area contributed by atoms with Crippen molar-refractivity contribution in [3.8, 4) is 5.75 Å². The molecule has 1 atom stereocenters. The molecule has 1 aliphatic rings. The van der Waals surface area contributed by atoms with E-state index in [0.717, 1.165) is 32.1 Å². The summed E-state index contributed by atoms with van der Waals surface area (Å²) >= 11 is 0. The smallest absolute Gasteiger partial charge is 0.123 e. The molecule has 17 heavy (non-hydrogen) atoms. The Bertz CT molecular complexity index is 359. The molecule has 1 aliphatic heterocycles. The zero-order valence-corrected chi connectivity index (χ0v) is 10.7. The van der Waals surface area contributed by atoms with Gasteiger partial charge >= 0.3 is 0 Å². The number of rotatable bonds is 5. The van der Waals surface area contributed by atoms with Gasteiger partial charge in [-0.2, -0.15) is 0 Å². The van der Waals surface area contributed by atoms with Gasteiger partial charge in [0, 0.05) is 25.3 Å². The van der Waals surface area contributed by atoms with Crippen LogP contribution >= 0.6 is 0 Å². The van der Waals surface area contributed by atoms with Gasteiger partial charge in [-0.25, -0.2) is 0 Å². The monoisotopic (exact) mass is 235 g/mol. The van der Waals surface area contributed by atoms with Crippen LogP contribution in [-0.4, -0.2) is 26.9 Å². The summed E-state index contributed by atoms with van der Waals surface area (Å²) in [4.78, 5) is 0. The summed E-state index contributed by atoms with van der Waals surface area (Å²) in [5.74, 6) is 1.64. The van der Waals surface area contributed by atoms with E-state index in [0.29, 0.717) is 5.92 Å². The highest BCUT2D eigenvalue weighted by Gasteiger charge is 2.14. The topological polar surface area (TPSA) is 30.5 Å². The zero-order valence-electron chi connectivity index (χ0n) is 10.7. The van der Waals surface area contributed by atoms with Crippen molar-refractivity contribution in [3.05, 3.63) is 29.3 Å². The van der Waals surface area contributed by atoms with E-state index >= 15 is 0 Å². The van der Waals surface area contributed by atoms with Crippen molar-refractivity contribution in [2.75, 3.05) is 26.9 Å². The van der Waals surface area contributed by atoms with Gasteiger partial charge in [-0.3, -0.25) is 0 Å². The number of hydrogen-bond donors (Lipinski definition) is 1. The first-order valence-electron chi connectivity index (χ1n) is 6.21. The first-order chi connectivity index (χ1) is 8.29. The van der Waals surface area contributed by atoms with Crippen LogP contribution in [0.3, 0.4) is 0 Å². The lowest BCUT2D eigenvalue weighted by Crippen LogP contribution is -2.22. The van der Waals surface area contributed by atoms with Crippen LogP contribution in [0.25, 0.3) is 0 Å². The van der Waals surface area contributed by atoms with Crippen molar-refractivity contribution in [1.82, 2.24) is 5.32 Å². The molecule has 0 bridgehead atoms. The molecule has 3 nitrogen and oxygen atoms in total. The van der Waals surface area contributed by atoms with Crippen molar-refractivity contribution in [2.24, 2.45) is 5.92 Å². The molecule has 0 aliphatic carbocycles. The van der Waals surface area contributed by atoms with Crippen molar-refractivity contribution in [1.29, 1.82) is 0 Å². The maximum absolute atomic E-state index is 5.36. The van der Waals surface area contributed by atoms with E-state index in [4.69, 9.17) is 9.47 Å². The van der Waals surface area contributed by atoms with E-state index in [1.54, 1.807) is 7.11 Å². The molecule has 0 amide bonds. The quantitative estimate of drug-likeness (QED) is 0.848. The third-order valence-electron chi connectivity index (χ3n) is 3.21. The van der Waals surface area contributed by atoms with E-state index in [2.05, 4.69) is 24.4 Å². The summed E-state index contributed by atoms with van der Waals surface area (Å²) in [7, 11) is 1.72. The maximum Gasteiger partial charge on any atom is 0.123 e. The van der Waals surface area contributed by atoms with Crippen LogP contribution < -0.4 is 10.1 Å². The Labute approximate surface area is 103 Å². The van der Waals surface area contributed by atoms with Crippen LogP contribution in [-0.2, 0) is 11.3 Å². The Morgan fingerprint density at radius 3 is 3.06 bits per heavy atom. The van der Waals surface area contributed by atoms with Gasteiger partial charge in [0.25, 0.3) is 0 Å². The second-order valence-electron chi connectivity index (χ2n) is 4.68. The van der Waals surface area contributed by atoms with Gasteiger partial charge in [-0.15, -0.1) is 0 Å². The molecule has 0 aromatic heterocycles. The standard InChI is InChI=1S/C14H21NO2/c1-11-3-4-14(16-2)13(7-11)9-15-8-12-5-6-17-10-12/h3-4,7,12,15H,5-6,8-10H2,1-2H3. The van der Waals surface area contributed by atoms with E-state index in [-0.39, 0.29) is 0 Å². The summed E-state index contributed by atoms with van der Waals surface area (Å²) in [5, 5.41) is 3.49. The van der Waals surface area contributed by atoms with Gasteiger partial charge in [-0.1, -0.05) is 17.7 Å². The zero-order chi connectivity index (χ0) is 12.1. The van der Waals surface area contributed by atoms with Crippen LogP contribution in [0.15, 0.2) is 18.2 Å². The fourth-order valence-corrected chi connectivity index (χ4v) is 2.20. The largest absolute Gasteiger partial charge is 0.496 e. The molecule has 0 radical (unpaired) electrons. The highest BCUT2D eigenvalue weighted by molar-refractivity contribution is 5.36. The van der Waals surface area contributed by atoms with Crippen LogP contribution in [0.2, 0.25) is 0 Å². The van der Waals surface area contributed by atoms with Gasteiger partial charge in [-0.05, 0) is 25.3 Å². The number of aryl methyl sites for hydroxylation is 1. The average molecular weight is 235 g/mol. The van der Waals surface area contributed by atoms with Gasteiger partial charge in [0.05, 0.1) is 13.7 Å². The van der Waals surface area contributed by atoms with Gasteiger partial charge in [0.15, 0.2) is 0 Å². The Kier molecular flexibility index (Phi) is 4.40.